The first kappa shape index (κ1) is 19.6. The van der Waals surface area contributed by atoms with Gasteiger partial charge in [0.05, 0.1) is 11.4 Å². The Balaban J connectivity index is 2.04. The molecule has 0 saturated heterocycles. The lowest BCUT2D eigenvalue weighted by atomic mass is 9.93. The maximum absolute atomic E-state index is 6.64. The van der Waals surface area contributed by atoms with E-state index in [-0.39, 0.29) is 0 Å². The normalized spacial score (nSPS) is 19.8. The van der Waals surface area contributed by atoms with Crippen molar-refractivity contribution in [3.63, 3.8) is 0 Å². The molecule has 0 aliphatic carbocycles. The van der Waals surface area contributed by atoms with Crippen molar-refractivity contribution in [2.75, 3.05) is 0 Å². The molecule has 2 aromatic rings. The van der Waals surface area contributed by atoms with Crippen LogP contribution in [0.5, 0.6) is 0 Å². The molecule has 0 aromatic heterocycles. The number of hydrogen-bond acceptors (Lipinski definition) is 3. The lowest BCUT2D eigenvalue weighted by Crippen LogP contribution is -2.47. The number of hydrazone groups is 1. The Morgan fingerprint density at radius 1 is 1.11 bits per heavy atom. The maximum Gasteiger partial charge on any atom is 0.113 e. The Morgan fingerprint density at radius 3 is 2.39 bits per heavy atom. The van der Waals surface area contributed by atoms with Gasteiger partial charge in [-0.05, 0) is 30.5 Å². The molecule has 0 spiro atoms. The van der Waals surface area contributed by atoms with Crippen LogP contribution in [0.15, 0.2) is 108 Å². The second kappa shape index (κ2) is 8.24. The number of benzene rings is 2. The Bertz CT molecular complexity index is 962. The Kier molecular flexibility index (Phi) is 5.76. The highest BCUT2D eigenvalue weighted by Gasteiger charge is 2.37. The minimum absolute atomic E-state index is 0.632. The van der Waals surface area contributed by atoms with Gasteiger partial charge in [0, 0.05) is 12.0 Å². The van der Waals surface area contributed by atoms with Gasteiger partial charge >= 0.3 is 0 Å². The highest BCUT2D eigenvalue weighted by atomic mass is 15.5. The first-order valence-corrected chi connectivity index (χ1v) is 9.44. The van der Waals surface area contributed by atoms with Gasteiger partial charge in [-0.15, -0.1) is 0 Å². The molecule has 1 atom stereocenters. The minimum Gasteiger partial charge on any atom is -0.307 e. The first-order valence-electron chi connectivity index (χ1n) is 9.44. The molecule has 142 valence electrons. The fourth-order valence-electron chi connectivity index (χ4n) is 3.48. The van der Waals surface area contributed by atoms with Gasteiger partial charge in [0.1, 0.15) is 5.66 Å². The van der Waals surface area contributed by atoms with E-state index in [1.54, 1.807) is 6.08 Å². The molecule has 3 nitrogen and oxygen atoms in total. The predicted octanol–water partition coefficient (Wildman–Crippen LogP) is 5.64. The lowest BCUT2D eigenvalue weighted by Gasteiger charge is -2.32. The van der Waals surface area contributed by atoms with Crippen LogP contribution in [0.25, 0.3) is 11.1 Å². The minimum atomic E-state index is -0.655. The SMILES string of the molecule is C=C/C=C(\C=C/C)C(=C)N1N=C(c2ccccc2-c2ccccc2)CC1(C)N. The van der Waals surface area contributed by atoms with Gasteiger partial charge in [0.2, 0.25) is 0 Å². The average molecular weight is 370 g/mol. The van der Waals surface area contributed by atoms with Crippen molar-refractivity contribution >= 4 is 5.71 Å². The Morgan fingerprint density at radius 2 is 1.75 bits per heavy atom. The fraction of sp³-hybridized carbons (Fsp3) is 0.160. The largest absolute Gasteiger partial charge is 0.307 e. The third-order valence-corrected chi connectivity index (χ3v) is 4.79. The molecule has 1 heterocycles. The van der Waals surface area contributed by atoms with Crippen LogP contribution >= 0.6 is 0 Å². The van der Waals surface area contributed by atoms with Crippen molar-refractivity contribution in [3.8, 4) is 11.1 Å². The van der Waals surface area contributed by atoms with Crippen LogP contribution < -0.4 is 5.73 Å². The first-order chi connectivity index (χ1) is 13.5. The Labute approximate surface area is 167 Å². The highest BCUT2D eigenvalue weighted by Crippen LogP contribution is 2.34. The molecule has 1 aliphatic rings. The molecule has 2 aromatic carbocycles. The topological polar surface area (TPSA) is 41.6 Å². The molecule has 0 fully saturated rings. The second-order valence-corrected chi connectivity index (χ2v) is 7.11. The van der Waals surface area contributed by atoms with E-state index in [0.717, 1.165) is 33.7 Å². The van der Waals surface area contributed by atoms with Gasteiger partial charge in [-0.2, -0.15) is 5.10 Å². The van der Waals surface area contributed by atoms with Crippen LogP contribution in [0.4, 0.5) is 0 Å². The zero-order valence-electron chi connectivity index (χ0n) is 16.6. The van der Waals surface area contributed by atoms with Crippen LogP contribution in [-0.4, -0.2) is 16.4 Å². The third-order valence-electron chi connectivity index (χ3n) is 4.79. The maximum atomic E-state index is 6.64. The number of hydrogen-bond donors (Lipinski definition) is 1. The van der Waals surface area contributed by atoms with Crippen molar-refractivity contribution < 1.29 is 0 Å². The van der Waals surface area contributed by atoms with Crippen LogP contribution in [0, 0.1) is 0 Å². The van der Waals surface area contributed by atoms with E-state index in [1.807, 2.05) is 61.3 Å². The standard InChI is InChI=1S/C25H27N3/c1-5-12-20(13-6-2)19(3)28-25(4,26)18-24(27-28)23-17-11-10-16-22(23)21-14-8-7-9-15-21/h5-17H,1,3,18,26H2,2,4H3/b13-6-,20-12+. The summed E-state index contributed by atoms with van der Waals surface area (Å²) in [5.74, 6) is 0. The summed E-state index contributed by atoms with van der Waals surface area (Å²) in [7, 11) is 0. The molecule has 1 aliphatic heterocycles. The van der Waals surface area contributed by atoms with Crippen molar-refractivity contribution in [3.05, 3.63) is 109 Å². The van der Waals surface area contributed by atoms with Crippen molar-refractivity contribution in [1.29, 1.82) is 0 Å². The zero-order chi connectivity index (χ0) is 20.1. The fourth-order valence-corrected chi connectivity index (χ4v) is 3.48. The quantitative estimate of drug-likeness (QED) is 0.669. The molecule has 28 heavy (non-hydrogen) atoms. The van der Waals surface area contributed by atoms with Crippen LogP contribution in [-0.2, 0) is 0 Å². The summed E-state index contributed by atoms with van der Waals surface area (Å²) in [4.78, 5) is 0. The summed E-state index contributed by atoms with van der Waals surface area (Å²) >= 11 is 0. The van der Waals surface area contributed by atoms with E-state index < -0.39 is 5.66 Å². The summed E-state index contributed by atoms with van der Waals surface area (Å²) in [6.45, 7) is 12.0. The number of rotatable bonds is 6. The molecule has 0 bridgehead atoms. The van der Waals surface area contributed by atoms with Crippen LogP contribution in [0.1, 0.15) is 25.8 Å². The van der Waals surface area contributed by atoms with E-state index in [1.165, 1.54) is 0 Å². The smallest absolute Gasteiger partial charge is 0.113 e. The van der Waals surface area contributed by atoms with E-state index in [0.29, 0.717) is 6.42 Å². The highest BCUT2D eigenvalue weighted by molar-refractivity contribution is 6.07. The molecule has 2 N–H and O–H groups in total. The van der Waals surface area contributed by atoms with Gasteiger partial charge in [0.25, 0.3) is 0 Å². The van der Waals surface area contributed by atoms with Gasteiger partial charge < -0.3 is 5.73 Å². The average Bonchev–Trinajstić information content (AvgIpc) is 3.03. The summed E-state index contributed by atoms with van der Waals surface area (Å²) in [5, 5.41) is 6.73. The molecule has 3 heteroatoms. The van der Waals surface area contributed by atoms with Gasteiger partial charge in [-0.3, -0.25) is 0 Å². The van der Waals surface area contributed by atoms with E-state index in [2.05, 4.69) is 43.5 Å². The number of nitrogens with zero attached hydrogens (tertiary/aromatic N) is 2. The van der Waals surface area contributed by atoms with E-state index in [9.17, 15) is 0 Å². The molecular weight excluding hydrogens is 342 g/mol. The number of allylic oxidation sites excluding steroid dienone is 4. The third kappa shape index (κ3) is 3.90. The van der Waals surface area contributed by atoms with Crippen LogP contribution in [0.3, 0.4) is 0 Å². The monoisotopic (exact) mass is 369 g/mol. The molecule has 1 unspecified atom stereocenters. The summed E-state index contributed by atoms with van der Waals surface area (Å²) in [6, 6.07) is 18.7. The molecule has 0 radical (unpaired) electrons. The molecule has 0 amide bonds. The van der Waals surface area contributed by atoms with Gasteiger partial charge in [0.15, 0.2) is 0 Å². The predicted molar refractivity (Wildman–Crippen MR) is 120 cm³/mol. The summed E-state index contributed by atoms with van der Waals surface area (Å²) < 4.78 is 0. The number of nitrogens with two attached hydrogens (primary N) is 1. The zero-order valence-corrected chi connectivity index (χ0v) is 16.6. The van der Waals surface area contributed by atoms with Crippen molar-refractivity contribution in [1.82, 2.24) is 5.01 Å². The van der Waals surface area contributed by atoms with Crippen LogP contribution in [0.2, 0.25) is 0 Å². The molecular formula is C25H27N3. The van der Waals surface area contributed by atoms with E-state index >= 15 is 0 Å². The lowest BCUT2D eigenvalue weighted by molar-refractivity contribution is 0.195. The van der Waals surface area contributed by atoms with Crippen molar-refractivity contribution in [2.45, 2.75) is 25.9 Å². The van der Waals surface area contributed by atoms with Crippen molar-refractivity contribution in [2.24, 2.45) is 10.8 Å². The van der Waals surface area contributed by atoms with E-state index in [4.69, 9.17) is 10.8 Å². The molecule has 0 saturated carbocycles. The van der Waals surface area contributed by atoms with Gasteiger partial charge in [-0.25, -0.2) is 5.01 Å². The Hall–Kier alpha value is -3.17. The summed E-state index contributed by atoms with van der Waals surface area (Å²) in [6.07, 6.45) is 8.27. The summed E-state index contributed by atoms with van der Waals surface area (Å²) in [5.41, 5.74) is 12.1. The second-order valence-electron chi connectivity index (χ2n) is 7.11. The van der Waals surface area contributed by atoms with Gasteiger partial charge in [-0.1, -0.05) is 92.1 Å². The molecule has 3 rings (SSSR count).